The van der Waals surface area contributed by atoms with Crippen LogP contribution in [-0.4, -0.2) is 23.0 Å². The number of hydrogen-bond donors (Lipinski definition) is 1. The normalized spacial score (nSPS) is 24.8. The predicted octanol–water partition coefficient (Wildman–Crippen LogP) is 4.92. The van der Waals surface area contributed by atoms with Crippen molar-refractivity contribution in [2.45, 2.75) is 12.0 Å². The Hall–Kier alpha value is -1.98. The van der Waals surface area contributed by atoms with Crippen molar-refractivity contribution in [3.63, 3.8) is 0 Å². The summed E-state index contributed by atoms with van der Waals surface area (Å²) in [4.78, 5) is 0. The Morgan fingerprint density at radius 2 is 2.07 bits per heavy atom. The lowest BCUT2D eigenvalue weighted by atomic mass is 10.0. The van der Waals surface area contributed by atoms with Gasteiger partial charge in [0.1, 0.15) is 22.6 Å². The molecule has 27 heavy (non-hydrogen) atoms. The van der Waals surface area contributed by atoms with Crippen molar-refractivity contribution in [1.82, 2.24) is 10.4 Å². The van der Waals surface area contributed by atoms with E-state index in [1.165, 1.54) is 11.8 Å². The van der Waals surface area contributed by atoms with Gasteiger partial charge in [0.25, 0.3) is 6.57 Å². The number of hydrazine groups is 1. The number of thioether (sulfide) groups is 1. The molecule has 2 aliphatic rings. The Morgan fingerprint density at radius 1 is 1.37 bits per heavy atom. The summed E-state index contributed by atoms with van der Waals surface area (Å²) in [5.74, 6) is 1.08. The van der Waals surface area contributed by atoms with Crippen LogP contribution < -0.4 is 5.43 Å². The summed E-state index contributed by atoms with van der Waals surface area (Å²) in [6.07, 6.45) is 4.97. The summed E-state index contributed by atoms with van der Waals surface area (Å²) in [6.45, 7) is -0.961. The monoisotopic (exact) mass is 421 g/mol. The zero-order chi connectivity index (χ0) is 19.0. The maximum atomic E-state index is 13.4. The molecule has 2 aromatic rings. The number of nitrogens with zero attached hydrogens (tertiary/aromatic N) is 2. The molecule has 140 valence electrons. The highest BCUT2D eigenvalue weighted by Crippen LogP contribution is 2.76. The third-order valence-electron chi connectivity index (χ3n) is 4.04. The number of hydrogen-bond acceptors (Lipinski definition) is 9. The quantitative estimate of drug-likeness (QED) is 0.675. The Morgan fingerprint density at radius 3 is 2.63 bits per heavy atom. The van der Waals surface area contributed by atoms with Crippen molar-refractivity contribution in [2.75, 3.05) is 12.9 Å². The van der Waals surface area contributed by atoms with E-state index in [4.69, 9.17) is 13.4 Å². The smallest absolute Gasteiger partial charge is 0.297 e. The molecular weight excluding hydrogens is 405 g/mol. The molecule has 2 atom stereocenters. The average molecular weight is 421 g/mol. The van der Waals surface area contributed by atoms with Crippen LogP contribution in [0.2, 0.25) is 0 Å². The molecule has 1 N–H and O–H groups in total. The molecule has 0 spiro atoms. The molecule has 2 unspecified atom stereocenters. The van der Waals surface area contributed by atoms with Crippen molar-refractivity contribution in [3.05, 3.63) is 58.9 Å². The molecule has 1 saturated heterocycles. The van der Waals surface area contributed by atoms with Gasteiger partial charge < -0.3 is 13.4 Å². The third kappa shape index (κ3) is 2.93. The van der Waals surface area contributed by atoms with E-state index in [0.29, 0.717) is 40.0 Å². The Bertz CT molecular complexity index is 992. The molecule has 0 saturated carbocycles. The van der Waals surface area contributed by atoms with Crippen LogP contribution in [0, 0.1) is 11.3 Å². The maximum Gasteiger partial charge on any atom is 0.297 e. The lowest BCUT2D eigenvalue weighted by Gasteiger charge is -2.32. The fourth-order valence-corrected chi connectivity index (χ4v) is 9.99. The van der Waals surface area contributed by atoms with Crippen LogP contribution >= 0.6 is 29.7 Å². The SMILES string of the molecule is CCOP1(=O)SC2=C(C#N)C(c3ccco3)=C(c3ccco3)NN2C1SC. The molecule has 0 bridgehead atoms. The van der Waals surface area contributed by atoms with Crippen LogP contribution in [0.25, 0.3) is 11.3 Å². The summed E-state index contributed by atoms with van der Waals surface area (Å²) in [5.41, 5.74) is 4.82. The van der Waals surface area contributed by atoms with Crippen molar-refractivity contribution in [1.29, 1.82) is 5.26 Å². The van der Waals surface area contributed by atoms with Crippen LogP contribution in [0.5, 0.6) is 0 Å². The topological polar surface area (TPSA) is 91.6 Å². The van der Waals surface area contributed by atoms with E-state index in [-0.39, 0.29) is 0 Å². The van der Waals surface area contributed by atoms with Crippen LogP contribution in [-0.2, 0) is 9.09 Å². The molecule has 0 amide bonds. The number of nitriles is 1. The van der Waals surface area contributed by atoms with Crippen LogP contribution in [0.4, 0.5) is 0 Å². The third-order valence-corrected chi connectivity index (χ3v) is 11.0. The zero-order valence-corrected chi connectivity index (χ0v) is 17.1. The molecule has 2 aromatic heterocycles. The first-order valence-electron chi connectivity index (χ1n) is 8.12. The number of furan rings is 2. The fraction of sp³-hybridized carbons (Fsp3) is 0.235. The first-order chi connectivity index (χ1) is 13.1. The maximum absolute atomic E-state index is 13.4. The van der Waals surface area contributed by atoms with Crippen molar-refractivity contribution in [2.24, 2.45) is 0 Å². The number of allylic oxidation sites excluding steroid dienone is 2. The van der Waals surface area contributed by atoms with E-state index in [1.807, 2.05) is 13.2 Å². The standard InChI is InChI=1S/C17H16N3O4PS2/c1-3-24-25(21)17(26-2)20-16(27-25)11(10-18)14(12-6-4-8-22-12)15(19-20)13-7-5-9-23-13/h4-9,17,19H,3H2,1-2H3. The van der Waals surface area contributed by atoms with Gasteiger partial charge in [-0.15, -0.1) is 11.8 Å². The van der Waals surface area contributed by atoms with Crippen LogP contribution in [0.15, 0.2) is 56.2 Å². The van der Waals surface area contributed by atoms with E-state index >= 15 is 0 Å². The van der Waals surface area contributed by atoms with E-state index in [0.717, 1.165) is 11.4 Å². The van der Waals surface area contributed by atoms with Crippen LogP contribution in [0.3, 0.4) is 0 Å². The van der Waals surface area contributed by atoms with Crippen LogP contribution in [0.1, 0.15) is 18.4 Å². The molecule has 4 rings (SSSR count). The van der Waals surface area contributed by atoms with E-state index in [1.54, 1.807) is 41.8 Å². The molecule has 10 heteroatoms. The molecule has 7 nitrogen and oxygen atoms in total. The molecule has 4 heterocycles. The zero-order valence-electron chi connectivity index (χ0n) is 14.5. The average Bonchev–Trinajstić information content (AvgIpc) is 3.40. The number of fused-ring (bicyclic) bond motifs is 1. The van der Waals surface area contributed by atoms with Gasteiger partial charge in [-0.2, -0.15) is 5.26 Å². The van der Waals surface area contributed by atoms with Gasteiger partial charge in [-0.3, -0.25) is 15.0 Å². The van der Waals surface area contributed by atoms with E-state index in [9.17, 15) is 9.83 Å². The molecule has 0 radical (unpaired) electrons. The lowest BCUT2D eigenvalue weighted by Crippen LogP contribution is -2.41. The minimum absolute atomic E-state index is 0.327. The minimum atomic E-state index is -3.10. The van der Waals surface area contributed by atoms with Gasteiger partial charge >= 0.3 is 0 Å². The first-order valence-corrected chi connectivity index (χ1v) is 12.5. The Labute approximate surface area is 164 Å². The summed E-state index contributed by atoms with van der Waals surface area (Å²) in [7, 11) is 0. The molecule has 0 aliphatic carbocycles. The summed E-state index contributed by atoms with van der Waals surface area (Å²) >= 11 is 2.52. The van der Waals surface area contributed by atoms with Gasteiger partial charge in [0.05, 0.1) is 30.3 Å². The second-order valence-corrected chi connectivity index (χ2v) is 11.3. The molecule has 1 fully saturated rings. The summed E-state index contributed by atoms with van der Waals surface area (Å²) in [6, 6.07) is 9.36. The highest BCUT2D eigenvalue weighted by molar-refractivity contribution is 8.60. The van der Waals surface area contributed by atoms with Gasteiger partial charge in [-0.1, -0.05) is 0 Å². The Kier molecular flexibility index (Phi) is 4.91. The van der Waals surface area contributed by atoms with Gasteiger partial charge in [0.15, 0.2) is 10.9 Å². The van der Waals surface area contributed by atoms with Crippen molar-refractivity contribution < 1.29 is 17.9 Å². The second kappa shape index (κ2) is 7.21. The number of nitrogens with one attached hydrogen (secondary N) is 1. The largest absolute Gasteiger partial charge is 0.464 e. The van der Waals surface area contributed by atoms with E-state index < -0.39 is 11.7 Å². The molecular formula is C17H16N3O4PS2. The number of rotatable bonds is 5. The second-order valence-electron chi connectivity index (χ2n) is 5.59. The fourth-order valence-electron chi connectivity index (χ4n) is 3.01. The Balaban J connectivity index is 1.93. The first kappa shape index (κ1) is 18.4. The predicted molar refractivity (Wildman–Crippen MR) is 106 cm³/mol. The van der Waals surface area contributed by atoms with Gasteiger partial charge in [-0.25, -0.2) is 0 Å². The van der Waals surface area contributed by atoms with Gasteiger partial charge in [0.2, 0.25) is 0 Å². The summed E-state index contributed by atoms with van der Waals surface area (Å²) in [5, 5.41) is 11.8. The van der Waals surface area contributed by atoms with Gasteiger partial charge in [-0.05, 0) is 48.8 Å². The molecule has 2 aliphatic heterocycles. The van der Waals surface area contributed by atoms with E-state index in [2.05, 4.69) is 11.5 Å². The lowest BCUT2D eigenvalue weighted by molar-refractivity contribution is 0.298. The highest BCUT2D eigenvalue weighted by Gasteiger charge is 2.52. The van der Waals surface area contributed by atoms with Crippen molar-refractivity contribution in [3.8, 4) is 6.07 Å². The molecule has 0 aromatic carbocycles. The highest BCUT2D eigenvalue weighted by atomic mass is 32.7. The van der Waals surface area contributed by atoms with Gasteiger partial charge in [0, 0.05) is 0 Å². The van der Waals surface area contributed by atoms with Crippen molar-refractivity contribution >= 4 is 41.0 Å². The minimum Gasteiger partial charge on any atom is -0.464 e. The summed E-state index contributed by atoms with van der Waals surface area (Å²) < 4.78 is 30.2.